The molecular weight excluding hydrogens is 248 g/mol. The van der Waals surface area contributed by atoms with Crippen LogP contribution in [0.1, 0.15) is 32.6 Å². The van der Waals surface area contributed by atoms with E-state index in [4.69, 9.17) is 9.84 Å². The summed E-state index contributed by atoms with van der Waals surface area (Å²) in [5.41, 5.74) is -0.223. The van der Waals surface area contributed by atoms with Gasteiger partial charge in [-0.25, -0.2) is 4.79 Å². The molecule has 6 heteroatoms. The maximum Gasteiger partial charge on any atom is 0.317 e. The Kier molecular flexibility index (Phi) is 4.29. The molecule has 6 nitrogen and oxygen atoms in total. The Labute approximate surface area is 113 Å². The molecule has 0 aromatic carbocycles. The summed E-state index contributed by atoms with van der Waals surface area (Å²) in [6, 6.07) is -0.105. The van der Waals surface area contributed by atoms with Crippen molar-refractivity contribution in [1.82, 2.24) is 10.2 Å². The van der Waals surface area contributed by atoms with Crippen molar-refractivity contribution in [3.8, 4) is 0 Å². The lowest BCUT2D eigenvalue weighted by Crippen LogP contribution is -2.52. The number of nitrogens with zero attached hydrogens (tertiary/aromatic N) is 1. The number of amides is 2. The van der Waals surface area contributed by atoms with Crippen molar-refractivity contribution in [2.45, 2.75) is 38.7 Å². The Hall–Kier alpha value is -1.30. The minimum absolute atomic E-state index is 0.0659. The normalized spacial score (nSPS) is 25.5. The van der Waals surface area contributed by atoms with Crippen molar-refractivity contribution in [3.05, 3.63) is 0 Å². The summed E-state index contributed by atoms with van der Waals surface area (Å²) in [7, 11) is 0. The van der Waals surface area contributed by atoms with Crippen molar-refractivity contribution >= 4 is 12.0 Å². The van der Waals surface area contributed by atoms with Gasteiger partial charge >= 0.3 is 12.0 Å². The quantitative estimate of drug-likeness (QED) is 0.800. The van der Waals surface area contributed by atoms with Crippen LogP contribution in [0.2, 0.25) is 0 Å². The van der Waals surface area contributed by atoms with E-state index in [9.17, 15) is 9.59 Å². The summed E-state index contributed by atoms with van der Waals surface area (Å²) >= 11 is 0. The van der Waals surface area contributed by atoms with Crippen LogP contribution in [0.5, 0.6) is 0 Å². The summed E-state index contributed by atoms with van der Waals surface area (Å²) in [6.07, 6.45) is 3.04. The first-order valence-corrected chi connectivity index (χ1v) is 6.87. The second-order valence-electron chi connectivity index (χ2n) is 5.71. The predicted octanol–water partition coefficient (Wildman–Crippen LogP) is 1.06. The Morgan fingerprint density at radius 1 is 1.47 bits per heavy atom. The zero-order valence-corrected chi connectivity index (χ0v) is 11.4. The van der Waals surface area contributed by atoms with Crippen LogP contribution in [0.4, 0.5) is 4.79 Å². The number of rotatable bonds is 4. The van der Waals surface area contributed by atoms with Crippen molar-refractivity contribution in [2.24, 2.45) is 5.41 Å². The van der Waals surface area contributed by atoms with E-state index in [0.29, 0.717) is 26.2 Å². The lowest BCUT2D eigenvalue weighted by Gasteiger charge is -2.41. The molecule has 0 aromatic rings. The van der Waals surface area contributed by atoms with Crippen molar-refractivity contribution in [3.63, 3.8) is 0 Å². The number of ether oxygens (including phenoxy) is 1. The third-order valence-corrected chi connectivity index (χ3v) is 4.08. The van der Waals surface area contributed by atoms with Crippen LogP contribution in [0, 0.1) is 5.41 Å². The van der Waals surface area contributed by atoms with Crippen LogP contribution in [-0.4, -0.2) is 54.4 Å². The molecule has 1 heterocycles. The van der Waals surface area contributed by atoms with E-state index < -0.39 is 5.97 Å². The molecule has 2 rings (SSSR count). The Morgan fingerprint density at radius 2 is 2.21 bits per heavy atom. The van der Waals surface area contributed by atoms with Crippen molar-refractivity contribution in [2.75, 3.05) is 26.2 Å². The standard InChI is InChI=1S/C13H22N2O4/c1-10-8-15(5-6-19-10)12(18)14-9-13(3-2-4-13)7-11(16)17/h10H,2-9H2,1H3,(H,14,18)(H,16,17). The highest BCUT2D eigenvalue weighted by Gasteiger charge is 2.39. The van der Waals surface area contributed by atoms with Gasteiger partial charge in [0, 0.05) is 19.6 Å². The highest BCUT2D eigenvalue weighted by molar-refractivity contribution is 5.74. The summed E-state index contributed by atoms with van der Waals surface area (Å²) in [6.45, 7) is 4.16. The number of aliphatic carboxylic acids is 1. The van der Waals surface area contributed by atoms with Crippen LogP contribution >= 0.6 is 0 Å². The van der Waals surface area contributed by atoms with Gasteiger partial charge in [0.05, 0.1) is 19.1 Å². The number of hydrogen-bond donors (Lipinski definition) is 2. The van der Waals surface area contributed by atoms with E-state index in [2.05, 4.69) is 5.32 Å². The van der Waals surface area contributed by atoms with Crippen LogP contribution in [0.3, 0.4) is 0 Å². The van der Waals surface area contributed by atoms with E-state index in [-0.39, 0.29) is 24.0 Å². The molecule has 0 aromatic heterocycles. The Morgan fingerprint density at radius 3 is 2.74 bits per heavy atom. The zero-order valence-electron chi connectivity index (χ0n) is 11.4. The molecule has 1 atom stereocenters. The van der Waals surface area contributed by atoms with Gasteiger partial charge in [-0.15, -0.1) is 0 Å². The van der Waals surface area contributed by atoms with E-state index in [1.807, 2.05) is 6.92 Å². The van der Waals surface area contributed by atoms with Gasteiger partial charge in [-0.05, 0) is 25.2 Å². The molecule has 19 heavy (non-hydrogen) atoms. The maximum absolute atomic E-state index is 12.0. The lowest BCUT2D eigenvalue weighted by atomic mass is 9.66. The average molecular weight is 270 g/mol. The van der Waals surface area contributed by atoms with Crippen LogP contribution in [0.15, 0.2) is 0 Å². The summed E-state index contributed by atoms with van der Waals surface area (Å²) in [5.74, 6) is -0.783. The van der Waals surface area contributed by atoms with Crippen LogP contribution in [-0.2, 0) is 9.53 Å². The van der Waals surface area contributed by atoms with Gasteiger partial charge in [0.1, 0.15) is 0 Å². The Bertz CT molecular complexity index is 355. The molecule has 0 bridgehead atoms. The lowest BCUT2D eigenvalue weighted by molar-refractivity contribution is -0.141. The smallest absolute Gasteiger partial charge is 0.317 e. The Balaban J connectivity index is 1.80. The fourth-order valence-corrected chi connectivity index (χ4v) is 2.79. The molecule has 0 radical (unpaired) electrons. The summed E-state index contributed by atoms with van der Waals surface area (Å²) in [5, 5.41) is 11.8. The van der Waals surface area contributed by atoms with Gasteiger partial charge in [-0.1, -0.05) is 6.42 Å². The molecule has 2 N–H and O–H groups in total. The fourth-order valence-electron chi connectivity index (χ4n) is 2.79. The first kappa shape index (κ1) is 14.1. The molecule has 108 valence electrons. The van der Waals surface area contributed by atoms with Crippen LogP contribution < -0.4 is 5.32 Å². The second-order valence-corrected chi connectivity index (χ2v) is 5.71. The molecule has 1 unspecified atom stereocenters. The average Bonchev–Trinajstić information content (AvgIpc) is 2.31. The third kappa shape index (κ3) is 3.59. The summed E-state index contributed by atoms with van der Waals surface area (Å²) < 4.78 is 5.39. The highest BCUT2D eigenvalue weighted by atomic mass is 16.5. The maximum atomic E-state index is 12.0. The number of nitrogens with one attached hydrogen (secondary N) is 1. The predicted molar refractivity (Wildman–Crippen MR) is 68.9 cm³/mol. The molecule has 2 fully saturated rings. The van der Waals surface area contributed by atoms with E-state index in [1.165, 1.54) is 0 Å². The second kappa shape index (κ2) is 5.77. The first-order valence-electron chi connectivity index (χ1n) is 6.87. The summed E-state index contributed by atoms with van der Waals surface area (Å²) in [4.78, 5) is 24.6. The largest absolute Gasteiger partial charge is 0.481 e. The van der Waals surface area contributed by atoms with Gasteiger partial charge in [-0.2, -0.15) is 0 Å². The van der Waals surface area contributed by atoms with Gasteiger partial charge in [-0.3, -0.25) is 4.79 Å². The monoisotopic (exact) mass is 270 g/mol. The van der Waals surface area contributed by atoms with Gasteiger partial charge in [0.2, 0.25) is 0 Å². The molecule has 1 aliphatic heterocycles. The molecular formula is C13H22N2O4. The van der Waals surface area contributed by atoms with Crippen LogP contribution in [0.25, 0.3) is 0 Å². The van der Waals surface area contributed by atoms with Crippen molar-refractivity contribution in [1.29, 1.82) is 0 Å². The van der Waals surface area contributed by atoms with E-state index in [1.54, 1.807) is 4.90 Å². The van der Waals surface area contributed by atoms with Gasteiger partial charge in [0.15, 0.2) is 0 Å². The molecule has 2 aliphatic rings. The number of carbonyl (C=O) groups excluding carboxylic acids is 1. The first-order chi connectivity index (χ1) is 9.01. The molecule has 1 saturated carbocycles. The fraction of sp³-hybridized carbons (Fsp3) is 0.846. The SMILES string of the molecule is CC1CN(C(=O)NCC2(CC(=O)O)CCC2)CCO1. The molecule has 1 saturated heterocycles. The van der Waals surface area contributed by atoms with E-state index in [0.717, 1.165) is 19.3 Å². The number of carboxylic acid groups (broad SMARTS) is 1. The minimum atomic E-state index is -0.783. The minimum Gasteiger partial charge on any atom is -0.481 e. The number of carboxylic acids is 1. The van der Waals surface area contributed by atoms with Gasteiger partial charge in [0.25, 0.3) is 0 Å². The van der Waals surface area contributed by atoms with E-state index >= 15 is 0 Å². The molecule has 2 amide bonds. The third-order valence-electron chi connectivity index (χ3n) is 4.08. The molecule has 1 aliphatic carbocycles. The van der Waals surface area contributed by atoms with Gasteiger partial charge < -0.3 is 20.1 Å². The number of carbonyl (C=O) groups is 2. The zero-order chi connectivity index (χ0) is 13.9. The topological polar surface area (TPSA) is 78.9 Å². The number of hydrogen-bond acceptors (Lipinski definition) is 3. The van der Waals surface area contributed by atoms with Crippen molar-refractivity contribution < 1.29 is 19.4 Å². The number of morpholine rings is 1. The highest BCUT2D eigenvalue weighted by Crippen LogP contribution is 2.43. The molecule has 0 spiro atoms. The number of urea groups is 1.